The van der Waals surface area contributed by atoms with Crippen LogP contribution >= 0.6 is 0 Å². The van der Waals surface area contributed by atoms with Gasteiger partial charge in [-0.2, -0.15) is 0 Å². The molecule has 0 bridgehead atoms. The maximum atomic E-state index is 9.33. The van der Waals surface area contributed by atoms with E-state index in [0.717, 1.165) is 50.0 Å². The van der Waals surface area contributed by atoms with Crippen molar-refractivity contribution in [2.24, 2.45) is 0 Å². The molecule has 0 N–H and O–H groups in total. The van der Waals surface area contributed by atoms with Crippen LogP contribution in [0.1, 0.15) is 111 Å². The molecule has 0 unspecified atom stereocenters. The molecule has 6 heteroatoms. The number of aromatic nitrogens is 3. The van der Waals surface area contributed by atoms with Gasteiger partial charge in [0.1, 0.15) is 17.3 Å². The number of para-hydroxylation sites is 3. The molecule has 3 aromatic heterocycles. The van der Waals surface area contributed by atoms with Crippen LogP contribution in [0.2, 0.25) is 0 Å². The summed E-state index contributed by atoms with van der Waals surface area (Å²) in [4.78, 5) is 9.33. The van der Waals surface area contributed by atoms with E-state index < -0.39 is 0 Å². The molecule has 0 aliphatic carbocycles. The number of benzene rings is 4. The minimum absolute atomic E-state index is 0.0694. The molecular formula is C51H55N5O+2. The average molecular weight is 758 g/mol. The van der Waals surface area contributed by atoms with Gasteiger partial charge in [0.2, 0.25) is 11.4 Å². The van der Waals surface area contributed by atoms with Crippen LogP contribution in [0.4, 0.5) is 22.7 Å². The van der Waals surface area contributed by atoms with E-state index in [-0.39, 0.29) is 45.8 Å². The van der Waals surface area contributed by atoms with Gasteiger partial charge in [0.15, 0.2) is 0 Å². The summed E-state index contributed by atoms with van der Waals surface area (Å²) >= 11 is 0. The summed E-state index contributed by atoms with van der Waals surface area (Å²) < 4.78 is 48.9. The van der Waals surface area contributed by atoms with Crippen LogP contribution in [-0.2, 0) is 21.7 Å². The number of ether oxygens (including phenoxy) is 1. The molecule has 0 spiro atoms. The lowest BCUT2D eigenvalue weighted by molar-refractivity contribution is 0.479. The second-order valence-corrected chi connectivity index (χ2v) is 19.3. The van der Waals surface area contributed by atoms with Gasteiger partial charge in [-0.25, -0.2) is 4.98 Å². The number of rotatable bonds is 5. The molecule has 1 aliphatic heterocycles. The number of hydrogen-bond acceptors (Lipinski definition) is 3. The number of nitrogens with zero attached hydrogens (tertiary/aromatic N) is 5. The number of fused-ring (bicyclic) bond motifs is 4. The van der Waals surface area contributed by atoms with E-state index in [0.29, 0.717) is 28.6 Å². The first-order valence-corrected chi connectivity index (χ1v) is 19.7. The van der Waals surface area contributed by atoms with Crippen molar-refractivity contribution in [1.82, 2.24) is 23.7 Å². The zero-order chi connectivity index (χ0) is 44.1. The molecule has 6 nitrogen and oxygen atoms in total. The van der Waals surface area contributed by atoms with Crippen molar-refractivity contribution in [2.75, 3.05) is 0 Å². The standard InChI is InChI=1S/C51H55N5O/c1-48(2,3)33-22-25-53-46(28-33)56-44-30-36(20-21-38(44)39-23-24-52-31-45(39)56)57-37-27-34(49(4,5)6)26-35(29-37)54-32-55(43-19-14-13-18-42(43)54)47-40(50(7,8)9)16-15-17-41(47)51(10,11)12/h13-31H,1-12H3/q+2/i13D,14D,18D,19D. The second kappa shape index (κ2) is 13.4. The van der Waals surface area contributed by atoms with E-state index in [4.69, 9.17) is 12.5 Å². The first-order chi connectivity index (χ1) is 28.4. The van der Waals surface area contributed by atoms with E-state index in [1.165, 1.54) is 5.56 Å². The highest BCUT2D eigenvalue weighted by Crippen LogP contribution is 2.45. The lowest BCUT2D eigenvalue weighted by atomic mass is 9.78. The highest BCUT2D eigenvalue weighted by Gasteiger charge is 2.42. The van der Waals surface area contributed by atoms with Gasteiger partial charge in [0.05, 0.1) is 28.8 Å². The topological polar surface area (TPSA) is 46.0 Å². The predicted octanol–water partition coefficient (Wildman–Crippen LogP) is 13.4. The van der Waals surface area contributed by atoms with Gasteiger partial charge in [-0.3, -0.25) is 9.55 Å². The van der Waals surface area contributed by atoms with Crippen molar-refractivity contribution >= 4 is 50.6 Å². The monoisotopic (exact) mass is 757 g/mol. The van der Waals surface area contributed by atoms with Crippen LogP contribution in [0.25, 0.3) is 27.6 Å². The Morgan fingerprint density at radius 3 is 1.91 bits per heavy atom. The summed E-state index contributed by atoms with van der Waals surface area (Å²) in [5, 5.41) is 2.11. The van der Waals surface area contributed by atoms with E-state index >= 15 is 0 Å². The third-order valence-electron chi connectivity index (χ3n) is 10.8. The van der Waals surface area contributed by atoms with Crippen molar-refractivity contribution in [3.63, 3.8) is 0 Å². The highest BCUT2D eigenvalue weighted by molar-refractivity contribution is 6.09. The fourth-order valence-electron chi connectivity index (χ4n) is 7.67. The molecule has 0 saturated heterocycles. The Labute approximate surface area is 343 Å². The van der Waals surface area contributed by atoms with E-state index in [1.54, 1.807) is 4.58 Å². The minimum Gasteiger partial charge on any atom is -0.457 e. The molecule has 0 amide bonds. The van der Waals surface area contributed by atoms with E-state index in [1.807, 2.05) is 53.5 Å². The molecule has 7 aromatic rings. The Balaban J connectivity index is 1.36. The smallest absolute Gasteiger partial charge is 0.457 e. The van der Waals surface area contributed by atoms with Gasteiger partial charge < -0.3 is 4.74 Å². The van der Waals surface area contributed by atoms with Crippen LogP contribution < -0.4 is 13.9 Å². The fourth-order valence-corrected chi connectivity index (χ4v) is 7.67. The van der Waals surface area contributed by atoms with Gasteiger partial charge in [0, 0.05) is 58.5 Å². The second-order valence-electron chi connectivity index (χ2n) is 19.3. The lowest BCUT2D eigenvalue weighted by Gasteiger charge is -2.25. The van der Waals surface area contributed by atoms with E-state index in [2.05, 4.69) is 141 Å². The summed E-state index contributed by atoms with van der Waals surface area (Å²) in [5.41, 5.74) is 7.37. The molecule has 0 radical (unpaired) electrons. The van der Waals surface area contributed by atoms with Gasteiger partial charge in [-0.05, 0) is 78.3 Å². The summed E-state index contributed by atoms with van der Waals surface area (Å²) in [5.74, 6) is 2.00. The predicted molar refractivity (Wildman–Crippen MR) is 238 cm³/mol. The third kappa shape index (κ3) is 6.97. The van der Waals surface area contributed by atoms with Gasteiger partial charge in [0.25, 0.3) is 11.4 Å². The van der Waals surface area contributed by atoms with Crippen LogP contribution in [0.15, 0.2) is 116 Å². The largest absolute Gasteiger partial charge is 0.503 e. The molecule has 0 fully saturated rings. The Morgan fingerprint density at radius 2 is 1.26 bits per heavy atom. The van der Waals surface area contributed by atoms with Crippen molar-refractivity contribution in [1.29, 1.82) is 0 Å². The van der Waals surface area contributed by atoms with Crippen molar-refractivity contribution in [3.8, 4) is 17.3 Å². The van der Waals surface area contributed by atoms with Crippen molar-refractivity contribution < 1.29 is 10.2 Å². The van der Waals surface area contributed by atoms with Gasteiger partial charge in [-0.15, -0.1) is 0 Å². The molecule has 1 aliphatic rings. The number of pyridine rings is 2. The minimum atomic E-state index is -0.308. The highest BCUT2D eigenvalue weighted by atomic mass is 16.5. The van der Waals surface area contributed by atoms with Gasteiger partial charge >= 0.3 is 6.01 Å². The summed E-state index contributed by atoms with van der Waals surface area (Å²) in [6.07, 6.45) is 5.55. The molecule has 0 atom stereocenters. The summed E-state index contributed by atoms with van der Waals surface area (Å²) in [7, 11) is 0. The molecular weight excluding hydrogens is 699 g/mol. The quantitative estimate of drug-likeness (QED) is 0.164. The molecule has 8 rings (SSSR count). The lowest BCUT2D eigenvalue weighted by Crippen LogP contribution is -2.21. The van der Waals surface area contributed by atoms with Crippen LogP contribution in [-0.4, -0.2) is 20.5 Å². The Hall–Kier alpha value is -5.84. The van der Waals surface area contributed by atoms with Crippen LogP contribution in [0.3, 0.4) is 0 Å². The van der Waals surface area contributed by atoms with Gasteiger partial charge in [-0.1, -0.05) is 113 Å². The summed E-state index contributed by atoms with van der Waals surface area (Å²) in [6.45, 7) is 26.0. The van der Waals surface area contributed by atoms with E-state index in [9.17, 15) is 2.74 Å². The Bertz CT molecular complexity index is 2990. The molecule has 57 heavy (non-hydrogen) atoms. The maximum Gasteiger partial charge on any atom is 0.503 e. The molecule has 4 heterocycles. The summed E-state index contributed by atoms with van der Waals surface area (Å²) in [6, 6.07) is 27.4. The zero-order valence-corrected chi connectivity index (χ0v) is 35.3. The SMILES string of the molecule is [2H]c1c([2H])c([2H])c2c(c1[2H])[N+](c1cc(Oc3ccc4c5ccncc5n(-c5cc(C(C)(C)C)ccn5)c4c3)cc(C(C)(C)C)c1)=C=[N+]2c1c(C(C)(C)C)cccc1C(C)(C)C. The zero-order valence-electron chi connectivity index (χ0n) is 39.3. The van der Waals surface area contributed by atoms with Crippen LogP contribution in [0.5, 0.6) is 11.5 Å². The molecule has 288 valence electrons. The molecule has 0 saturated carbocycles. The average Bonchev–Trinajstić information content (AvgIpc) is 3.74. The fraction of sp³-hybridized carbons (Fsp3) is 0.314. The Kier molecular flexibility index (Phi) is 7.82. The van der Waals surface area contributed by atoms with Crippen molar-refractivity contribution in [3.05, 3.63) is 138 Å². The number of hydrogen-bond donors (Lipinski definition) is 0. The van der Waals surface area contributed by atoms with Crippen molar-refractivity contribution in [2.45, 2.75) is 105 Å². The normalized spacial score (nSPS) is 14.5. The Morgan fingerprint density at radius 1 is 0.614 bits per heavy atom. The third-order valence-corrected chi connectivity index (χ3v) is 10.8. The molecule has 4 aromatic carbocycles. The first kappa shape index (κ1) is 33.3. The maximum absolute atomic E-state index is 9.33. The first-order valence-electron chi connectivity index (χ1n) is 21.7. The van der Waals surface area contributed by atoms with Crippen LogP contribution in [0, 0.1) is 0 Å².